The fraction of sp³-hybridized carbons (Fsp3) is 0.0588. The highest BCUT2D eigenvalue weighted by atomic mass is 79.9. The lowest BCUT2D eigenvalue weighted by Gasteiger charge is -2.08. The van der Waals surface area contributed by atoms with Gasteiger partial charge in [-0.1, -0.05) is 66.0 Å². The van der Waals surface area contributed by atoms with Crippen LogP contribution in [-0.2, 0) is 11.2 Å². The van der Waals surface area contributed by atoms with Gasteiger partial charge in [-0.25, -0.2) is 0 Å². The van der Waals surface area contributed by atoms with Crippen molar-refractivity contribution in [3.8, 4) is 5.69 Å². The smallest absolute Gasteiger partial charge is 0.288 e. The van der Waals surface area contributed by atoms with Crippen LogP contribution in [0.3, 0.4) is 0 Å². The molecule has 25 heavy (non-hydrogen) atoms. The van der Waals surface area contributed by atoms with Crippen molar-refractivity contribution in [1.29, 1.82) is 0 Å². The highest BCUT2D eigenvalue weighted by Gasteiger charge is 2.14. The van der Waals surface area contributed by atoms with Crippen LogP contribution < -0.4 is 10.9 Å². The van der Waals surface area contributed by atoms with E-state index in [4.69, 9.17) is 0 Å². The Kier molecular flexibility index (Phi) is 5.61. The number of aromatic nitrogens is 2. The number of carbonyl (C=O) groups excluding carboxylic acids is 1. The van der Waals surface area contributed by atoms with Gasteiger partial charge in [0, 0.05) is 13.4 Å². The number of halogens is 3. The summed E-state index contributed by atoms with van der Waals surface area (Å²) in [6.07, 6.45) is 1.70. The van der Waals surface area contributed by atoms with Crippen molar-refractivity contribution in [3.05, 3.63) is 78.0 Å². The molecule has 3 rings (SSSR count). The van der Waals surface area contributed by atoms with Crippen LogP contribution in [0.1, 0.15) is 5.56 Å². The molecule has 2 aromatic carbocycles. The maximum absolute atomic E-state index is 12.3. The van der Waals surface area contributed by atoms with Gasteiger partial charge < -0.3 is 5.32 Å². The van der Waals surface area contributed by atoms with Crippen LogP contribution >= 0.6 is 47.8 Å². The minimum atomic E-state index is -0.355. The van der Waals surface area contributed by atoms with E-state index in [0.29, 0.717) is 0 Å². The number of para-hydroxylation sites is 1. The van der Waals surface area contributed by atoms with Crippen LogP contribution in [0.5, 0.6) is 0 Å². The second-order valence-electron chi connectivity index (χ2n) is 5.26. The van der Waals surface area contributed by atoms with Gasteiger partial charge in [-0.3, -0.25) is 19.4 Å². The zero-order valence-corrected chi connectivity index (χ0v) is 17.5. The minimum absolute atomic E-state index is 0.129. The summed E-state index contributed by atoms with van der Waals surface area (Å²) < 4.78 is 4.08. The van der Waals surface area contributed by atoms with Gasteiger partial charge in [0.15, 0.2) is 0 Å². The maximum atomic E-state index is 12.3. The van der Waals surface area contributed by atoms with Gasteiger partial charge in [0.25, 0.3) is 5.56 Å². The van der Waals surface area contributed by atoms with Crippen LogP contribution in [-0.4, -0.2) is 15.7 Å². The van der Waals surface area contributed by atoms with Crippen LogP contribution in [0.25, 0.3) is 5.69 Å². The third kappa shape index (κ3) is 4.31. The fourth-order valence-electron chi connectivity index (χ4n) is 2.30. The third-order valence-electron chi connectivity index (χ3n) is 3.48. The Morgan fingerprint density at radius 3 is 2.36 bits per heavy atom. The molecule has 0 aliphatic rings. The second kappa shape index (κ2) is 7.72. The van der Waals surface area contributed by atoms with E-state index in [9.17, 15) is 9.59 Å². The van der Waals surface area contributed by atoms with Crippen molar-refractivity contribution in [1.82, 2.24) is 9.78 Å². The predicted molar refractivity (Wildman–Crippen MR) is 108 cm³/mol. The van der Waals surface area contributed by atoms with Crippen molar-refractivity contribution in [2.45, 2.75) is 6.42 Å². The number of carbonyl (C=O) groups is 1. The Labute approximate surface area is 168 Å². The summed E-state index contributed by atoms with van der Waals surface area (Å²) in [6.45, 7) is 0. The van der Waals surface area contributed by atoms with Crippen LogP contribution in [0.15, 0.2) is 66.9 Å². The monoisotopic (exact) mass is 527 g/mol. The number of nitrogens with zero attached hydrogens (tertiary/aromatic N) is 1. The topological polar surface area (TPSA) is 66.9 Å². The molecule has 0 fully saturated rings. The lowest BCUT2D eigenvalue weighted by molar-refractivity contribution is -0.115. The molecule has 0 saturated carbocycles. The first-order valence-corrected chi connectivity index (χ1v) is 9.62. The zero-order valence-electron chi connectivity index (χ0n) is 12.7. The summed E-state index contributed by atoms with van der Waals surface area (Å²) in [4.78, 5) is 24.4. The fourth-order valence-corrected chi connectivity index (χ4v) is 4.84. The minimum Gasteiger partial charge on any atom is -0.320 e. The van der Waals surface area contributed by atoms with Crippen molar-refractivity contribution < 1.29 is 4.79 Å². The highest BCUT2D eigenvalue weighted by molar-refractivity contribution is 9.11. The normalized spacial score (nSPS) is 10.7. The molecule has 0 aliphatic heterocycles. The number of benzene rings is 2. The molecule has 2 N–H and O–H groups in total. The zero-order chi connectivity index (χ0) is 18.0. The summed E-state index contributed by atoms with van der Waals surface area (Å²) in [5.74, 6) is -0.278. The number of hydrogen-bond acceptors (Lipinski definition) is 2. The molecule has 0 spiro atoms. The Balaban J connectivity index is 1.78. The number of anilines is 1. The first-order chi connectivity index (χ1) is 11.9. The van der Waals surface area contributed by atoms with Crippen molar-refractivity contribution >= 4 is 59.4 Å². The summed E-state index contributed by atoms with van der Waals surface area (Å²) in [7, 11) is 0. The summed E-state index contributed by atoms with van der Waals surface area (Å²) >= 11 is 10.3. The summed E-state index contributed by atoms with van der Waals surface area (Å²) in [5.41, 5.74) is 1.46. The first-order valence-electron chi connectivity index (χ1n) is 7.24. The molecule has 1 aromatic heterocycles. The number of rotatable bonds is 4. The molecule has 0 atom stereocenters. The molecule has 0 radical (unpaired) electrons. The summed E-state index contributed by atoms with van der Waals surface area (Å²) in [6, 6.07) is 13.1. The molecule has 128 valence electrons. The Hall–Kier alpha value is -1.64. The van der Waals surface area contributed by atoms with Crippen molar-refractivity contribution in [3.63, 3.8) is 0 Å². The van der Waals surface area contributed by atoms with Gasteiger partial charge in [0.05, 0.1) is 18.3 Å². The van der Waals surface area contributed by atoms with E-state index in [-0.39, 0.29) is 23.6 Å². The average molecular weight is 530 g/mol. The van der Waals surface area contributed by atoms with E-state index in [1.54, 1.807) is 10.9 Å². The SMILES string of the molecule is O=C(Cc1c(Br)cc(Br)cc1Br)Nc1cn(-c2ccccc2)[nH]c1=O. The molecule has 1 heterocycles. The predicted octanol–water partition coefficient (Wildman–Crippen LogP) is 4.63. The van der Waals surface area contributed by atoms with E-state index in [0.717, 1.165) is 24.7 Å². The highest BCUT2D eigenvalue weighted by Crippen LogP contribution is 2.30. The number of H-pyrrole nitrogens is 1. The number of hydrogen-bond donors (Lipinski definition) is 2. The van der Waals surface area contributed by atoms with E-state index < -0.39 is 0 Å². The van der Waals surface area contributed by atoms with Gasteiger partial charge in [-0.2, -0.15) is 0 Å². The standard InChI is InChI=1S/C17H12Br3N3O2/c18-10-6-13(19)12(14(20)7-10)8-16(24)21-15-9-23(22-17(15)25)11-4-2-1-3-5-11/h1-7,9H,8H2,(H,21,24)(H,22,25). The van der Waals surface area contributed by atoms with Gasteiger partial charge in [0.2, 0.25) is 5.91 Å². The van der Waals surface area contributed by atoms with Crippen LogP contribution in [0.2, 0.25) is 0 Å². The quantitative estimate of drug-likeness (QED) is 0.517. The molecule has 0 aliphatic carbocycles. The number of nitrogens with one attached hydrogen (secondary N) is 2. The van der Waals surface area contributed by atoms with Gasteiger partial charge in [0.1, 0.15) is 5.69 Å². The lowest BCUT2D eigenvalue weighted by atomic mass is 10.1. The molecule has 5 nitrogen and oxygen atoms in total. The van der Waals surface area contributed by atoms with E-state index >= 15 is 0 Å². The molecular formula is C17H12Br3N3O2. The Bertz CT molecular complexity index is 957. The largest absolute Gasteiger partial charge is 0.320 e. The maximum Gasteiger partial charge on any atom is 0.288 e. The third-order valence-corrected chi connectivity index (χ3v) is 5.35. The molecule has 0 saturated heterocycles. The van der Waals surface area contributed by atoms with Gasteiger partial charge in [-0.15, -0.1) is 0 Å². The van der Waals surface area contributed by atoms with Gasteiger partial charge in [-0.05, 0) is 29.8 Å². The second-order valence-corrected chi connectivity index (χ2v) is 7.89. The first kappa shape index (κ1) is 18.2. The molecule has 1 amide bonds. The van der Waals surface area contributed by atoms with Crippen molar-refractivity contribution in [2.24, 2.45) is 0 Å². The molecular weight excluding hydrogens is 518 g/mol. The van der Waals surface area contributed by atoms with E-state index in [2.05, 4.69) is 58.2 Å². The molecule has 0 bridgehead atoms. The average Bonchev–Trinajstić information content (AvgIpc) is 2.92. The number of aromatic amines is 1. The van der Waals surface area contributed by atoms with Crippen molar-refractivity contribution in [2.75, 3.05) is 5.32 Å². The Morgan fingerprint density at radius 1 is 1.08 bits per heavy atom. The Morgan fingerprint density at radius 2 is 1.72 bits per heavy atom. The van der Waals surface area contributed by atoms with E-state index in [1.807, 2.05) is 42.5 Å². The van der Waals surface area contributed by atoms with Crippen LogP contribution in [0.4, 0.5) is 5.69 Å². The van der Waals surface area contributed by atoms with E-state index in [1.165, 1.54) is 0 Å². The van der Waals surface area contributed by atoms with Crippen LogP contribution in [0, 0.1) is 0 Å². The lowest BCUT2D eigenvalue weighted by Crippen LogP contribution is -2.19. The summed E-state index contributed by atoms with van der Waals surface area (Å²) in [5, 5.41) is 5.34. The molecule has 0 unspecified atom stereocenters. The number of amides is 1. The molecule has 8 heteroatoms. The molecule has 3 aromatic rings. The van der Waals surface area contributed by atoms with Gasteiger partial charge >= 0.3 is 0 Å².